The normalized spacial score (nSPS) is 12.4. The maximum Gasteiger partial charge on any atom is 0.239 e. The first-order chi connectivity index (χ1) is 10.3. The largest absolute Gasteiger partial charge is 0.496 e. The number of carbonyl (C=O) groups excluding carboxylic acids is 2. The molecule has 2 N–H and O–H groups in total. The lowest BCUT2D eigenvalue weighted by molar-refractivity contribution is -0.131. The molecule has 0 radical (unpaired) electrons. The molecule has 0 unspecified atom stereocenters. The molecule has 0 aromatic heterocycles. The molecule has 5 nitrogen and oxygen atoms in total. The molecule has 2 amide bonds. The van der Waals surface area contributed by atoms with Crippen LogP contribution in [-0.4, -0.2) is 25.5 Å². The SMILES string of the molecule is CC[C@@H](NC(=O)CNC(=O)C(C)(C)C)c1ccccc1OC. The van der Waals surface area contributed by atoms with Gasteiger partial charge in [0.2, 0.25) is 11.8 Å². The summed E-state index contributed by atoms with van der Waals surface area (Å²) in [4.78, 5) is 23.8. The minimum atomic E-state index is -0.507. The first kappa shape index (κ1) is 18.0. The van der Waals surface area contributed by atoms with E-state index in [1.54, 1.807) is 7.11 Å². The Bertz CT molecular complexity index is 521. The van der Waals surface area contributed by atoms with Gasteiger partial charge in [0.25, 0.3) is 0 Å². The van der Waals surface area contributed by atoms with E-state index in [4.69, 9.17) is 4.74 Å². The molecule has 0 saturated heterocycles. The number of carbonyl (C=O) groups is 2. The van der Waals surface area contributed by atoms with Gasteiger partial charge in [-0.25, -0.2) is 0 Å². The fraction of sp³-hybridized carbons (Fsp3) is 0.529. The van der Waals surface area contributed by atoms with Crippen LogP contribution in [0.2, 0.25) is 0 Å². The van der Waals surface area contributed by atoms with Crippen LogP contribution in [0.4, 0.5) is 0 Å². The summed E-state index contributed by atoms with van der Waals surface area (Å²) in [6.45, 7) is 7.39. The molecule has 0 aliphatic rings. The molecule has 122 valence electrons. The highest BCUT2D eigenvalue weighted by atomic mass is 16.5. The second-order valence-electron chi connectivity index (χ2n) is 6.20. The van der Waals surface area contributed by atoms with Crippen LogP contribution in [0, 0.1) is 5.41 Å². The lowest BCUT2D eigenvalue weighted by Crippen LogP contribution is -2.42. The second-order valence-corrected chi connectivity index (χ2v) is 6.20. The van der Waals surface area contributed by atoms with E-state index in [0.29, 0.717) is 0 Å². The van der Waals surface area contributed by atoms with E-state index in [2.05, 4.69) is 10.6 Å². The number of methoxy groups -OCH3 is 1. The number of rotatable bonds is 6. The predicted molar refractivity (Wildman–Crippen MR) is 86.6 cm³/mol. The van der Waals surface area contributed by atoms with E-state index >= 15 is 0 Å². The van der Waals surface area contributed by atoms with Crippen LogP contribution < -0.4 is 15.4 Å². The lowest BCUT2D eigenvalue weighted by Gasteiger charge is -2.21. The number of ether oxygens (including phenoxy) is 1. The third-order valence-electron chi connectivity index (χ3n) is 3.35. The van der Waals surface area contributed by atoms with Gasteiger partial charge in [-0.3, -0.25) is 9.59 Å². The quantitative estimate of drug-likeness (QED) is 0.848. The average Bonchev–Trinajstić information content (AvgIpc) is 2.49. The molecule has 1 rings (SSSR count). The van der Waals surface area contributed by atoms with Crippen molar-refractivity contribution in [1.29, 1.82) is 0 Å². The molecule has 0 bridgehead atoms. The summed E-state index contributed by atoms with van der Waals surface area (Å²) in [6, 6.07) is 7.45. The van der Waals surface area contributed by atoms with Gasteiger partial charge in [-0.05, 0) is 12.5 Å². The Morgan fingerprint density at radius 1 is 1.23 bits per heavy atom. The fourth-order valence-electron chi connectivity index (χ4n) is 2.03. The van der Waals surface area contributed by atoms with Gasteiger partial charge in [-0.2, -0.15) is 0 Å². The van der Waals surface area contributed by atoms with Crippen molar-refractivity contribution < 1.29 is 14.3 Å². The molecule has 5 heteroatoms. The van der Waals surface area contributed by atoms with Crippen molar-refractivity contribution >= 4 is 11.8 Å². The predicted octanol–water partition coefficient (Wildman–Crippen LogP) is 2.42. The van der Waals surface area contributed by atoms with Gasteiger partial charge in [0, 0.05) is 11.0 Å². The van der Waals surface area contributed by atoms with E-state index in [9.17, 15) is 9.59 Å². The molecule has 0 aliphatic carbocycles. The summed E-state index contributed by atoms with van der Waals surface area (Å²) in [5.74, 6) is 0.386. The zero-order valence-corrected chi connectivity index (χ0v) is 14.0. The third kappa shape index (κ3) is 5.06. The molecule has 1 aromatic rings. The topological polar surface area (TPSA) is 67.4 Å². The van der Waals surface area contributed by atoms with Crippen molar-refractivity contribution in [3.8, 4) is 5.75 Å². The summed E-state index contributed by atoms with van der Waals surface area (Å²) >= 11 is 0. The summed E-state index contributed by atoms with van der Waals surface area (Å²) < 4.78 is 5.33. The Hall–Kier alpha value is -2.04. The zero-order valence-electron chi connectivity index (χ0n) is 14.0. The highest BCUT2D eigenvalue weighted by molar-refractivity contribution is 5.87. The molecule has 0 fully saturated rings. The Labute approximate surface area is 132 Å². The smallest absolute Gasteiger partial charge is 0.239 e. The van der Waals surface area contributed by atoms with E-state index in [1.807, 2.05) is 52.0 Å². The van der Waals surface area contributed by atoms with Crippen molar-refractivity contribution in [3.63, 3.8) is 0 Å². The summed E-state index contributed by atoms with van der Waals surface area (Å²) in [5, 5.41) is 5.58. The van der Waals surface area contributed by atoms with Crippen molar-refractivity contribution in [1.82, 2.24) is 10.6 Å². The first-order valence-corrected chi connectivity index (χ1v) is 7.50. The van der Waals surface area contributed by atoms with E-state index in [0.717, 1.165) is 17.7 Å². The zero-order chi connectivity index (χ0) is 16.8. The Balaban J connectivity index is 2.66. The van der Waals surface area contributed by atoms with Crippen LogP contribution in [0.15, 0.2) is 24.3 Å². The number of benzene rings is 1. The van der Waals surface area contributed by atoms with Gasteiger partial charge in [0.15, 0.2) is 0 Å². The standard InChI is InChI=1S/C17H26N2O3/c1-6-13(12-9-7-8-10-14(12)22-5)19-15(20)11-18-16(21)17(2,3)4/h7-10,13H,6,11H2,1-5H3,(H,18,21)(H,19,20)/t13-/m1/s1. The molecular formula is C17H26N2O3. The molecule has 0 aliphatic heterocycles. The number of para-hydroxylation sites is 1. The lowest BCUT2D eigenvalue weighted by atomic mass is 9.96. The van der Waals surface area contributed by atoms with Crippen molar-refractivity contribution in [3.05, 3.63) is 29.8 Å². The maximum atomic E-state index is 12.1. The van der Waals surface area contributed by atoms with E-state index < -0.39 is 5.41 Å². The minimum absolute atomic E-state index is 0.0260. The van der Waals surface area contributed by atoms with Crippen LogP contribution >= 0.6 is 0 Å². The molecule has 1 aromatic carbocycles. The van der Waals surface area contributed by atoms with Gasteiger partial charge in [0.05, 0.1) is 19.7 Å². The number of amides is 2. The van der Waals surface area contributed by atoms with Crippen LogP contribution in [0.1, 0.15) is 45.7 Å². The van der Waals surface area contributed by atoms with E-state index in [1.165, 1.54) is 0 Å². The first-order valence-electron chi connectivity index (χ1n) is 7.50. The monoisotopic (exact) mass is 306 g/mol. The summed E-state index contributed by atoms with van der Waals surface area (Å²) in [6.07, 6.45) is 0.735. The van der Waals surface area contributed by atoms with Gasteiger partial charge in [-0.15, -0.1) is 0 Å². The summed E-state index contributed by atoms with van der Waals surface area (Å²) in [5.41, 5.74) is 0.426. The molecule has 0 spiro atoms. The summed E-state index contributed by atoms with van der Waals surface area (Å²) in [7, 11) is 1.61. The van der Waals surface area contributed by atoms with Gasteiger partial charge >= 0.3 is 0 Å². The Morgan fingerprint density at radius 3 is 2.41 bits per heavy atom. The Kier molecular flexibility index (Phi) is 6.40. The van der Waals surface area contributed by atoms with E-state index in [-0.39, 0.29) is 24.4 Å². The van der Waals surface area contributed by atoms with Crippen molar-refractivity contribution in [2.75, 3.05) is 13.7 Å². The van der Waals surface area contributed by atoms with Crippen molar-refractivity contribution in [2.24, 2.45) is 5.41 Å². The molecule has 0 saturated carbocycles. The highest BCUT2D eigenvalue weighted by Gasteiger charge is 2.22. The molecule has 22 heavy (non-hydrogen) atoms. The number of hydrogen-bond acceptors (Lipinski definition) is 3. The van der Waals surface area contributed by atoms with Crippen LogP contribution in [0.3, 0.4) is 0 Å². The molecule has 0 heterocycles. The van der Waals surface area contributed by atoms with Crippen LogP contribution in [0.5, 0.6) is 5.75 Å². The third-order valence-corrected chi connectivity index (χ3v) is 3.35. The molecule has 1 atom stereocenters. The minimum Gasteiger partial charge on any atom is -0.496 e. The van der Waals surface area contributed by atoms with Crippen LogP contribution in [0.25, 0.3) is 0 Å². The van der Waals surface area contributed by atoms with Gasteiger partial charge < -0.3 is 15.4 Å². The number of nitrogens with one attached hydrogen (secondary N) is 2. The second kappa shape index (κ2) is 7.82. The van der Waals surface area contributed by atoms with Crippen molar-refractivity contribution in [2.45, 2.75) is 40.2 Å². The molecular weight excluding hydrogens is 280 g/mol. The highest BCUT2D eigenvalue weighted by Crippen LogP contribution is 2.26. The van der Waals surface area contributed by atoms with Gasteiger partial charge in [0.1, 0.15) is 5.75 Å². The maximum absolute atomic E-state index is 12.1. The Morgan fingerprint density at radius 2 is 1.86 bits per heavy atom. The van der Waals surface area contributed by atoms with Crippen LogP contribution in [-0.2, 0) is 9.59 Å². The van der Waals surface area contributed by atoms with Gasteiger partial charge in [-0.1, -0.05) is 45.9 Å². The fourth-order valence-corrected chi connectivity index (χ4v) is 2.03. The average molecular weight is 306 g/mol. The number of hydrogen-bond donors (Lipinski definition) is 2.